The Morgan fingerprint density at radius 3 is 2.69 bits per heavy atom. The van der Waals surface area contributed by atoms with Gasteiger partial charge >= 0.3 is 0 Å². The molecule has 0 saturated heterocycles. The molecule has 1 aromatic rings. The summed E-state index contributed by atoms with van der Waals surface area (Å²) < 4.78 is 0. The van der Waals surface area contributed by atoms with Crippen LogP contribution in [-0.2, 0) is 4.79 Å². The van der Waals surface area contributed by atoms with Crippen molar-refractivity contribution in [2.45, 2.75) is 34.1 Å². The molecule has 0 aliphatic heterocycles. The van der Waals surface area contributed by atoms with Gasteiger partial charge in [0.25, 0.3) is 0 Å². The molecule has 0 unspecified atom stereocenters. The molecular formula is C12H18N2OS. The largest absolute Gasteiger partial charge is 0.273 e. The number of nitrogens with zero attached hydrogens (tertiary/aromatic N) is 1. The number of carbonyl (C=O) groups is 1. The highest BCUT2D eigenvalue weighted by Gasteiger charge is 2.04. The minimum Gasteiger partial charge on any atom is -0.273 e. The number of hydrazone groups is 1. The highest BCUT2D eigenvalue weighted by atomic mass is 32.1. The number of aryl methyl sites for hydroxylation is 1. The SMILES string of the molecule is CC(=NNC(=O)CC(C)C)c1ccc(C)s1. The first kappa shape index (κ1) is 12.9. The van der Waals surface area contributed by atoms with Gasteiger partial charge in [0, 0.05) is 11.3 Å². The van der Waals surface area contributed by atoms with E-state index in [9.17, 15) is 4.79 Å². The first-order valence-electron chi connectivity index (χ1n) is 5.39. The zero-order chi connectivity index (χ0) is 12.1. The number of hydrogen-bond donors (Lipinski definition) is 1. The zero-order valence-corrected chi connectivity index (χ0v) is 11.0. The summed E-state index contributed by atoms with van der Waals surface area (Å²) in [5, 5.41) is 4.09. The standard InChI is InChI=1S/C12H18N2OS/c1-8(2)7-12(15)14-13-10(4)11-6-5-9(3)16-11/h5-6,8H,7H2,1-4H3,(H,14,15). The van der Waals surface area contributed by atoms with Crippen molar-refractivity contribution in [2.24, 2.45) is 11.0 Å². The van der Waals surface area contributed by atoms with Gasteiger partial charge in [-0.3, -0.25) is 4.79 Å². The van der Waals surface area contributed by atoms with Crippen LogP contribution in [0.25, 0.3) is 0 Å². The third-order valence-electron chi connectivity index (χ3n) is 2.04. The van der Waals surface area contributed by atoms with Crippen LogP contribution in [0, 0.1) is 12.8 Å². The van der Waals surface area contributed by atoms with Crippen LogP contribution in [0.5, 0.6) is 0 Å². The monoisotopic (exact) mass is 238 g/mol. The van der Waals surface area contributed by atoms with Gasteiger partial charge in [0.05, 0.1) is 10.6 Å². The minimum absolute atomic E-state index is 0.0253. The quantitative estimate of drug-likeness (QED) is 0.636. The summed E-state index contributed by atoms with van der Waals surface area (Å²) in [6.45, 7) is 7.98. The third kappa shape index (κ3) is 4.14. The molecule has 1 N–H and O–H groups in total. The predicted octanol–water partition coefficient (Wildman–Crippen LogP) is 2.94. The van der Waals surface area contributed by atoms with Crippen LogP contribution in [0.2, 0.25) is 0 Å². The lowest BCUT2D eigenvalue weighted by Gasteiger charge is -2.03. The van der Waals surface area contributed by atoms with E-state index in [0.29, 0.717) is 12.3 Å². The number of hydrogen-bond acceptors (Lipinski definition) is 3. The first-order chi connectivity index (χ1) is 7.49. The zero-order valence-electron chi connectivity index (χ0n) is 10.2. The summed E-state index contributed by atoms with van der Waals surface area (Å²) in [5.74, 6) is 0.335. The summed E-state index contributed by atoms with van der Waals surface area (Å²) in [4.78, 5) is 13.7. The Morgan fingerprint density at radius 2 is 2.19 bits per heavy atom. The normalized spacial score (nSPS) is 11.9. The molecule has 3 nitrogen and oxygen atoms in total. The first-order valence-corrected chi connectivity index (χ1v) is 6.20. The second kappa shape index (κ2) is 5.80. The molecule has 1 aromatic heterocycles. The Labute approximate surface area is 101 Å². The lowest BCUT2D eigenvalue weighted by Crippen LogP contribution is -2.20. The van der Waals surface area contributed by atoms with E-state index >= 15 is 0 Å². The van der Waals surface area contributed by atoms with Gasteiger partial charge in [0.15, 0.2) is 0 Å². The van der Waals surface area contributed by atoms with Crippen LogP contribution in [0.15, 0.2) is 17.2 Å². The van der Waals surface area contributed by atoms with Gasteiger partial charge in [-0.05, 0) is 31.9 Å². The Kier molecular flexibility index (Phi) is 4.68. The summed E-state index contributed by atoms with van der Waals surface area (Å²) in [5.41, 5.74) is 3.43. The lowest BCUT2D eigenvalue weighted by molar-refractivity contribution is -0.121. The molecular weight excluding hydrogens is 220 g/mol. The van der Waals surface area contributed by atoms with Gasteiger partial charge in [0.2, 0.25) is 5.91 Å². The molecule has 0 radical (unpaired) electrons. The van der Waals surface area contributed by atoms with Crippen molar-refractivity contribution in [3.63, 3.8) is 0 Å². The van der Waals surface area contributed by atoms with E-state index in [-0.39, 0.29) is 5.91 Å². The molecule has 1 amide bonds. The van der Waals surface area contributed by atoms with Crippen molar-refractivity contribution >= 4 is 23.0 Å². The Morgan fingerprint density at radius 1 is 1.50 bits per heavy atom. The van der Waals surface area contributed by atoms with Gasteiger partial charge in [-0.25, -0.2) is 5.43 Å². The van der Waals surface area contributed by atoms with E-state index in [2.05, 4.69) is 23.5 Å². The molecule has 0 bridgehead atoms. The molecule has 0 aliphatic carbocycles. The van der Waals surface area contributed by atoms with E-state index in [1.54, 1.807) is 11.3 Å². The van der Waals surface area contributed by atoms with Crippen molar-refractivity contribution in [3.8, 4) is 0 Å². The summed E-state index contributed by atoms with van der Waals surface area (Å²) >= 11 is 1.68. The predicted molar refractivity (Wildman–Crippen MR) is 68.9 cm³/mol. The maximum absolute atomic E-state index is 11.4. The van der Waals surface area contributed by atoms with Crippen LogP contribution in [0.4, 0.5) is 0 Å². The van der Waals surface area contributed by atoms with Crippen LogP contribution >= 0.6 is 11.3 Å². The van der Waals surface area contributed by atoms with E-state index in [0.717, 1.165) is 10.6 Å². The fourth-order valence-corrected chi connectivity index (χ4v) is 2.06. The van der Waals surface area contributed by atoms with Crippen LogP contribution in [0.3, 0.4) is 0 Å². The molecule has 16 heavy (non-hydrogen) atoms. The number of thiophene rings is 1. The topological polar surface area (TPSA) is 41.5 Å². The van der Waals surface area contributed by atoms with Crippen molar-refractivity contribution in [2.75, 3.05) is 0 Å². The second-order valence-corrected chi connectivity index (χ2v) is 5.53. The Bertz CT molecular complexity index is 393. The van der Waals surface area contributed by atoms with Crippen molar-refractivity contribution in [1.82, 2.24) is 5.43 Å². The van der Waals surface area contributed by atoms with Gasteiger partial charge in [-0.15, -0.1) is 11.3 Å². The highest BCUT2D eigenvalue weighted by molar-refractivity contribution is 7.14. The van der Waals surface area contributed by atoms with Gasteiger partial charge in [-0.2, -0.15) is 5.10 Å². The molecule has 4 heteroatoms. The van der Waals surface area contributed by atoms with Crippen molar-refractivity contribution in [1.29, 1.82) is 0 Å². The molecule has 0 aliphatic rings. The van der Waals surface area contributed by atoms with Crippen molar-refractivity contribution < 1.29 is 4.79 Å². The highest BCUT2D eigenvalue weighted by Crippen LogP contribution is 2.15. The van der Waals surface area contributed by atoms with E-state index < -0.39 is 0 Å². The number of rotatable bonds is 4. The van der Waals surface area contributed by atoms with E-state index in [1.165, 1.54) is 4.88 Å². The maximum atomic E-state index is 11.4. The molecule has 0 atom stereocenters. The minimum atomic E-state index is -0.0253. The maximum Gasteiger partial charge on any atom is 0.240 e. The van der Waals surface area contributed by atoms with Crippen LogP contribution in [-0.4, -0.2) is 11.6 Å². The third-order valence-corrected chi connectivity index (χ3v) is 3.15. The molecule has 0 saturated carbocycles. The average molecular weight is 238 g/mol. The fourth-order valence-electron chi connectivity index (χ4n) is 1.25. The van der Waals surface area contributed by atoms with Gasteiger partial charge < -0.3 is 0 Å². The van der Waals surface area contributed by atoms with Crippen molar-refractivity contribution in [3.05, 3.63) is 21.9 Å². The fraction of sp³-hybridized carbons (Fsp3) is 0.500. The molecule has 88 valence electrons. The number of carbonyl (C=O) groups excluding carboxylic acids is 1. The summed E-state index contributed by atoms with van der Waals surface area (Å²) in [7, 11) is 0. The summed E-state index contributed by atoms with van der Waals surface area (Å²) in [6, 6.07) is 4.07. The average Bonchev–Trinajstić information content (AvgIpc) is 2.60. The Hall–Kier alpha value is -1.16. The second-order valence-electron chi connectivity index (χ2n) is 4.24. The Balaban J connectivity index is 2.54. The molecule has 1 heterocycles. The smallest absolute Gasteiger partial charge is 0.240 e. The van der Waals surface area contributed by atoms with Crippen LogP contribution in [0.1, 0.15) is 36.9 Å². The van der Waals surface area contributed by atoms with E-state index in [1.807, 2.05) is 26.8 Å². The van der Waals surface area contributed by atoms with Crippen LogP contribution < -0.4 is 5.43 Å². The molecule has 1 rings (SSSR count). The van der Waals surface area contributed by atoms with Gasteiger partial charge in [-0.1, -0.05) is 13.8 Å². The molecule has 0 fully saturated rings. The summed E-state index contributed by atoms with van der Waals surface area (Å²) in [6.07, 6.45) is 0.514. The number of amides is 1. The molecule has 0 aromatic carbocycles. The van der Waals surface area contributed by atoms with E-state index in [4.69, 9.17) is 0 Å². The lowest BCUT2D eigenvalue weighted by atomic mass is 10.1. The molecule has 0 spiro atoms. The van der Waals surface area contributed by atoms with Gasteiger partial charge in [0.1, 0.15) is 0 Å². The number of nitrogens with one attached hydrogen (secondary N) is 1.